The van der Waals surface area contributed by atoms with Gasteiger partial charge in [-0.25, -0.2) is 0 Å². The number of ether oxygens (including phenoxy) is 2. The largest absolute Gasteiger partial charge is 0.485 e. The molecule has 0 saturated carbocycles. The molecular formula is C17H20N2O3S. The normalized spacial score (nSPS) is 17.8. The van der Waals surface area contributed by atoms with E-state index in [9.17, 15) is 4.79 Å². The number of para-hydroxylation sites is 2. The Balaban J connectivity index is 1.59. The number of fused-ring (bicyclic) bond motifs is 1. The lowest BCUT2D eigenvalue weighted by molar-refractivity contribution is -0.130. The maximum atomic E-state index is 12.4. The smallest absolute Gasteiger partial charge is 0.264 e. The van der Waals surface area contributed by atoms with Crippen LogP contribution in [0.25, 0.3) is 0 Å². The van der Waals surface area contributed by atoms with Gasteiger partial charge in [-0.3, -0.25) is 4.79 Å². The molecule has 23 heavy (non-hydrogen) atoms. The Morgan fingerprint density at radius 2 is 2.13 bits per heavy atom. The quantitative estimate of drug-likeness (QED) is 0.913. The van der Waals surface area contributed by atoms with Gasteiger partial charge in [0.2, 0.25) is 6.10 Å². The third kappa shape index (κ3) is 3.65. The minimum absolute atomic E-state index is 0.141. The summed E-state index contributed by atoms with van der Waals surface area (Å²) in [7, 11) is 4.01. The molecule has 1 aliphatic rings. The minimum atomic E-state index is -0.616. The zero-order chi connectivity index (χ0) is 16.2. The highest BCUT2D eigenvalue weighted by atomic mass is 32.1. The molecule has 0 aliphatic carbocycles. The van der Waals surface area contributed by atoms with E-state index in [0.29, 0.717) is 18.0 Å². The molecule has 0 saturated heterocycles. The van der Waals surface area contributed by atoms with E-state index in [1.807, 2.05) is 43.7 Å². The number of nitrogens with zero attached hydrogens (tertiary/aromatic N) is 1. The van der Waals surface area contributed by atoms with Crippen molar-refractivity contribution in [3.05, 3.63) is 46.7 Å². The Morgan fingerprint density at radius 3 is 2.83 bits per heavy atom. The molecule has 1 aromatic carbocycles. The van der Waals surface area contributed by atoms with Crippen molar-refractivity contribution in [1.82, 2.24) is 10.2 Å². The Kier molecular flexibility index (Phi) is 4.83. The Hall–Kier alpha value is -2.05. The van der Waals surface area contributed by atoms with Crippen molar-refractivity contribution < 1.29 is 14.3 Å². The van der Waals surface area contributed by atoms with Crippen molar-refractivity contribution in [3.63, 3.8) is 0 Å². The van der Waals surface area contributed by atoms with Crippen LogP contribution in [0.4, 0.5) is 0 Å². The van der Waals surface area contributed by atoms with Crippen molar-refractivity contribution >= 4 is 17.2 Å². The topological polar surface area (TPSA) is 50.8 Å². The Morgan fingerprint density at radius 1 is 1.35 bits per heavy atom. The second-order valence-corrected chi connectivity index (χ2v) is 6.43. The zero-order valence-electron chi connectivity index (χ0n) is 13.2. The van der Waals surface area contributed by atoms with Gasteiger partial charge in [0.25, 0.3) is 5.91 Å². The summed E-state index contributed by atoms with van der Waals surface area (Å²) >= 11 is 1.66. The molecule has 3 rings (SSSR count). The fraction of sp³-hybridized carbons (Fsp3) is 0.353. The van der Waals surface area contributed by atoms with Crippen molar-refractivity contribution in [3.8, 4) is 11.5 Å². The maximum absolute atomic E-state index is 12.4. The third-order valence-electron chi connectivity index (χ3n) is 3.82. The molecule has 0 radical (unpaired) electrons. The first kappa shape index (κ1) is 15.8. The molecule has 1 aliphatic heterocycles. The molecule has 0 bridgehead atoms. The fourth-order valence-electron chi connectivity index (χ4n) is 2.52. The molecule has 0 fully saturated rings. The molecular weight excluding hydrogens is 312 g/mol. The summed E-state index contributed by atoms with van der Waals surface area (Å²) in [6.45, 7) is 0.762. The van der Waals surface area contributed by atoms with Gasteiger partial charge in [-0.15, -0.1) is 0 Å². The summed E-state index contributed by atoms with van der Waals surface area (Å²) in [5, 5.41) is 7.12. The van der Waals surface area contributed by atoms with Crippen LogP contribution in [0.5, 0.6) is 11.5 Å². The van der Waals surface area contributed by atoms with Gasteiger partial charge in [0.1, 0.15) is 6.61 Å². The van der Waals surface area contributed by atoms with Crippen molar-refractivity contribution in [2.75, 3.05) is 27.2 Å². The van der Waals surface area contributed by atoms with Crippen LogP contribution in [0.1, 0.15) is 11.6 Å². The van der Waals surface area contributed by atoms with Crippen LogP contribution in [-0.4, -0.2) is 44.2 Å². The number of amides is 1. The monoisotopic (exact) mass is 332 g/mol. The second kappa shape index (κ2) is 7.02. The van der Waals surface area contributed by atoms with Gasteiger partial charge in [-0.1, -0.05) is 12.1 Å². The molecule has 1 N–H and O–H groups in total. The Labute approximate surface area is 139 Å². The molecule has 6 heteroatoms. The average molecular weight is 332 g/mol. The van der Waals surface area contributed by atoms with E-state index in [-0.39, 0.29) is 18.6 Å². The third-order valence-corrected chi connectivity index (χ3v) is 4.52. The van der Waals surface area contributed by atoms with Gasteiger partial charge >= 0.3 is 0 Å². The van der Waals surface area contributed by atoms with E-state index >= 15 is 0 Å². The van der Waals surface area contributed by atoms with Crippen molar-refractivity contribution in [1.29, 1.82) is 0 Å². The summed E-state index contributed by atoms with van der Waals surface area (Å²) in [5.74, 6) is 1.14. The summed E-state index contributed by atoms with van der Waals surface area (Å²) < 4.78 is 11.3. The van der Waals surface area contributed by atoms with Gasteiger partial charge in [0.05, 0.1) is 6.04 Å². The summed E-state index contributed by atoms with van der Waals surface area (Å²) in [6.07, 6.45) is -0.616. The van der Waals surface area contributed by atoms with E-state index < -0.39 is 6.10 Å². The number of rotatable bonds is 5. The predicted molar refractivity (Wildman–Crippen MR) is 90.1 cm³/mol. The summed E-state index contributed by atoms with van der Waals surface area (Å²) in [6, 6.07) is 9.61. The lowest BCUT2D eigenvalue weighted by atomic mass is 10.1. The lowest BCUT2D eigenvalue weighted by Crippen LogP contribution is -2.46. The van der Waals surface area contributed by atoms with E-state index in [0.717, 1.165) is 0 Å². The number of hydrogen-bond acceptors (Lipinski definition) is 5. The lowest BCUT2D eigenvalue weighted by Gasteiger charge is -2.28. The highest BCUT2D eigenvalue weighted by Gasteiger charge is 2.28. The van der Waals surface area contributed by atoms with Gasteiger partial charge in [-0.2, -0.15) is 11.3 Å². The first-order valence-electron chi connectivity index (χ1n) is 7.50. The number of hydrogen-bond donors (Lipinski definition) is 1. The molecule has 0 spiro atoms. The number of carbonyl (C=O) groups excluding carboxylic acids is 1. The summed E-state index contributed by atoms with van der Waals surface area (Å²) in [5.41, 5.74) is 1.20. The molecule has 2 heterocycles. The molecule has 2 atom stereocenters. The van der Waals surface area contributed by atoms with E-state index in [1.54, 1.807) is 11.3 Å². The second-order valence-electron chi connectivity index (χ2n) is 5.65. The van der Waals surface area contributed by atoms with Gasteiger partial charge in [0.15, 0.2) is 11.5 Å². The van der Waals surface area contributed by atoms with Gasteiger partial charge in [0, 0.05) is 6.54 Å². The van der Waals surface area contributed by atoms with E-state index in [1.165, 1.54) is 5.56 Å². The van der Waals surface area contributed by atoms with Crippen LogP contribution in [0.2, 0.25) is 0 Å². The molecule has 5 nitrogen and oxygen atoms in total. The number of benzene rings is 1. The van der Waals surface area contributed by atoms with Crippen molar-refractivity contribution in [2.45, 2.75) is 12.1 Å². The number of thiophene rings is 1. The SMILES string of the molecule is CN(C)[C@@H](CNC(=O)[C@H]1COc2ccccc2O1)c1ccsc1. The highest BCUT2D eigenvalue weighted by Crippen LogP contribution is 2.30. The van der Waals surface area contributed by atoms with E-state index in [4.69, 9.17) is 9.47 Å². The molecule has 1 aromatic heterocycles. The van der Waals surface area contributed by atoms with Gasteiger partial charge in [-0.05, 0) is 48.6 Å². The van der Waals surface area contributed by atoms with Crippen molar-refractivity contribution in [2.24, 2.45) is 0 Å². The molecule has 0 unspecified atom stereocenters. The Bertz CT molecular complexity index is 658. The standard InChI is InChI=1S/C17H20N2O3S/c1-19(2)13(12-7-8-23-11-12)9-18-17(20)16-10-21-14-5-3-4-6-15(14)22-16/h3-8,11,13,16H,9-10H2,1-2H3,(H,18,20)/t13-,16+/m0/s1. The molecule has 122 valence electrons. The van der Waals surface area contributed by atoms with Crippen LogP contribution in [0.15, 0.2) is 41.1 Å². The van der Waals surface area contributed by atoms with E-state index in [2.05, 4.69) is 21.7 Å². The number of carbonyl (C=O) groups is 1. The number of nitrogens with one attached hydrogen (secondary N) is 1. The van der Waals surface area contributed by atoms with Crippen LogP contribution in [0, 0.1) is 0 Å². The van der Waals surface area contributed by atoms with Gasteiger partial charge < -0.3 is 19.7 Å². The minimum Gasteiger partial charge on any atom is -0.485 e. The zero-order valence-corrected chi connectivity index (χ0v) is 14.0. The van der Waals surface area contributed by atoms with Crippen LogP contribution < -0.4 is 14.8 Å². The first-order valence-corrected chi connectivity index (χ1v) is 8.44. The predicted octanol–water partition coefficient (Wildman–Crippen LogP) is 2.31. The number of likely N-dealkylation sites (N-methyl/N-ethyl adjacent to an activating group) is 1. The highest BCUT2D eigenvalue weighted by molar-refractivity contribution is 7.07. The molecule has 1 amide bonds. The first-order chi connectivity index (χ1) is 11.1. The van der Waals surface area contributed by atoms with Crippen LogP contribution in [0.3, 0.4) is 0 Å². The van der Waals surface area contributed by atoms with Crippen LogP contribution >= 0.6 is 11.3 Å². The summed E-state index contributed by atoms with van der Waals surface area (Å²) in [4.78, 5) is 14.5. The van der Waals surface area contributed by atoms with Crippen LogP contribution in [-0.2, 0) is 4.79 Å². The molecule has 2 aromatic rings. The maximum Gasteiger partial charge on any atom is 0.264 e. The fourth-order valence-corrected chi connectivity index (χ4v) is 3.23. The average Bonchev–Trinajstić information content (AvgIpc) is 3.08.